The number of hydrogen-bond donors (Lipinski definition) is 1. The molecule has 4 aromatic rings. The predicted octanol–water partition coefficient (Wildman–Crippen LogP) is 3.86. The maximum absolute atomic E-state index is 12.6. The van der Waals surface area contributed by atoms with Crippen molar-refractivity contribution in [2.45, 2.75) is 20.5 Å². The minimum Gasteiger partial charge on any atom is -0.490 e. The lowest BCUT2D eigenvalue weighted by molar-refractivity contribution is 0.269. The number of aromatic nitrogens is 2. The molecule has 0 amide bonds. The summed E-state index contributed by atoms with van der Waals surface area (Å²) in [5.41, 5.74) is 2.30. The Kier molecular flexibility index (Phi) is 6.17. The predicted molar refractivity (Wildman–Crippen MR) is 125 cm³/mol. The lowest BCUT2D eigenvalue weighted by Gasteiger charge is -2.13. The number of aromatic amines is 1. The van der Waals surface area contributed by atoms with Gasteiger partial charge in [-0.1, -0.05) is 42.0 Å². The third-order valence-corrected chi connectivity index (χ3v) is 4.89. The monoisotopic (exact) mass is 429 g/mol. The molecule has 4 rings (SSSR count). The third kappa shape index (κ3) is 4.62. The number of hydrogen-bond acceptors (Lipinski definition) is 5. The summed E-state index contributed by atoms with van der Waals surface area (Å²) in [6.45, 7) is 4.80. The van der Waals surface area contributed by atoms with Crippen molar-refractivity contribution in [1.82, 2.24) is 9.66 Å². The van der Waals surface area contributed by atoms with E-state index in [0.717, 1.165) is 10.2 Å². The first kappa shape index (κ1) is 21.1. The lowest BCUT2D eigenvalue weighted by atomic mass is 10.2. The minimum absolute atomic E-state index is 0.388. The summed E-state index contributed by atoms with van der Waals surface area (Å²) < 4.78 is 12.5. The van der Waals surface area contributed by atoms with Crippen LogP contribution in [0.2, 0.25) is 0 Å². The van der Waals surface area contributed by atoms with E-state index >= 15 is 0 Å². The van der Waals surface area contributed by atoms with Gasteiger partial charge in [-0.3, -0.25) is 4.79 Å². The van der Waals surface area contributed by atoms with Crippen molar-refractivity contribution in [2.75, 3.05) is 6.61 Å². The number of H-pyrrole nitrogens is 1. The zero-order valence-electron chi connectivity index (χ0n) is 17.9. The van der Waals surface area contributed by atoms with Crippen LogP contribution in [-0.4, -0.2) is 22.5 Å². The number of nitrogens with one attached hydrogen (secondary N) is 1. The standard InChI is InChI=1S/C25H23N3O4/c1-3-31-23-14-19(12-13-22(23)32-16-18-10-8-17(2)9-11-18)15-26-28-24(29)20-6-4-5-7-21(20)27-25(28)30/h4-15H,3,16H2,1-2H3,(H,27,30). The molecule has 162 valence electrons. The van der Waals surface area contributed by atoms with Gasteiger partial charge < -0.3 is 14.5 Å². The molecule has 0 radical (unpaired) electrons. The molecule has 0 aliphatic heterocycles. The van der Waals surface area contributed by atoms with Crippen LogP contribution in [0, 0.1) is 6.92 Å². The first-order valence-electron chi connectivity index (χ1n) is 10.3. The second-order valence-corrected chi connectivity index (χ2v) is 7.25. The fourth-order valence-corrected chi connectivity index (χ4v) is 3.22. The van der Waals surface area contributed by atoms with Crippen LogP contribution in [0.25, 0.3) is 10.9 Å². The SMILES string of the molecule is CCOc1cc(C=Nn2c(=O)[nH]c3ccccc3c2=O)ccc1OCc1ccc(C)cc1. The van der Waals surface area contributed by atoms with Gasteiger partial charge in [0, 0.05) is 0 Å². The Morgan fingerprint density at radius 3 is 2.53 bits per heavy atom. The van der Waals surface area contributed by atoms with Crippen LogP contribution in [0.3, 0.4) is 0 Å². The third-order valence-electron chi connectivity index (χ3n) is 4.89. The van der Waals surface area contributed by atoms with Crippen LogP contribution in [0.1, 0.15) is 23.6 Å². The zero-order valence-corrected chi connectivity index (χ0v) is 17.9. The molecule has 1 N–H and O–H groups in total. The largest absolute Gasteiger partial charge is 0.490 e. The van der Waals surface area contributed by atoms with Gasteiger partial charge >= 0.3 is 5.69 Å². The highest BCUT2D eigenvalue weighted by molar-refractivity contribution is 5.81. The van der Waals surface area contributed by atoms with Gasteiger partial charge in [0.15, 0.2) is 11.5 Å². The first-order chi connectivity index (χ1) is 15.5. The number of nitrogens with zero attached hydrogens (tertiary/aromatic N) is 2. The number of aryl methyl sites for hydroxylation is 1. The van der Waals surface area contributed by atoms with E-state index in [4.69, 9.17) is 9.47 Å². The second-order valence-electron chi connectivity index (χ2n) is 7.25. The number of para-hydroxylation sites is 1. The molecule has 0 atom stereocenters. The summed E-state index contributed by atoms with van der Waals surface area (Å²) in [5.74, 6) is 1.16. The smallest absolute Gasteiger partial charge is 0.349 e. The van der Waals surface area contributed by atoms with Gasteiger partial charge in [0.25, 0.3) is 5.56 Å². The molecule has 32 heavy (non-hydrogen) atoms. The van der Waals surface area contributed by atoms with E-state index in [2.05, 4.69) is 10.1 Å². The van der Waals surface area contributed by atoms with Crippen molar-refractivity contribution in [2.24, 2.45) is 5.10 Å². The molecule has 0 aliphatic carbocycles. The minimum atomic E-state index is -0.604. The van der Waals surface area contributed by atoms with Gasteiger partial charge in [0.2, 0.25) is 0 Å². The maximum Gasteiger partial charge on any atom is 0.349 e. The van der Waals surface area contributed by atoms with E-state index in [0.29, 0.717) is 41.2 Å². The Balaban J connectivity index is 1.59. The molecule has 0 saturated heterocycles. The highest BCUT2D eigenvalue weighted by Crippen LogP contribution is 2.29. The molecule has 0 aliphatic rings. The van der Waals surface area contributed by atoms with Crippen molar-refractivity contribution in [3.63, 3.8) is 0 Å². The molecule has 0 spiro atoms. The van der Waals surface area contributed by atoms with Crippen LogP contribution >= 0.6 is 0 Å². The average molecular weight is 429 g/mol. The number of fused-ring (bicyclic) bond motifs is 1. The van der Waals surface area contributed by atoms with Gasteiger partial charge in [0.1, 0.15) is 6.61 Å². The summed E-state index contributed by atoms with van der Waals surface area (Å²) in [4.78, 5) is 27.6. The van der Waals surface area contributed by atoms with Gasteiger partial charge in [0.05, 0.1) is 23.7 Å². The van der Waals surface area contributed by atoms with Gasteiger partial charge in [-0.15, -0.1) is 4.68 Å². The van der Waals surface area contributed by atoms with E-state index < -0.39 is 11.2 Å². The maximum atomic E-state index is 12.6. The molecule has 7 nitrogen and oxygen atoms in total. The zero-order chi connectivity index (χ0) is 22.5. The van der Waals surface area contributed by atoms with Gasteiger partial charge in [-0.25, -0.2) is 4.79 Å². The Hall–Kier alpha value is -4.13. The number of ether oxygens (including phenoxy) is 2. The average Bonchev–Trinajstić information content (AvgIpc) is 2.79. The molecule has 0 saturated carbocycles. The molecule has 3 aromatic carbocycles. The quantitative estimate of drug-likeness (QED) is 0.452. The number of rotatable bonds is 7. The Morgan fingerprint density at radius 2 is 1.75 bits per heavy atom. The summed E-state index contributed by atoms with van der Waals surface area (Å²) in [6, 6.07) is 20.3. The normalized spacial score (nSPS) is 11.2. The van der Waals surface area contributed by atoms with Crippen LogP contribution in [0.4, 0.5) is 0 Å². The topological polar surface area (TPSA) is 85.7 Å². The van der Waals surface area contributed by atoms with Crippen molar-refractivity contribution in [1.29, 1.82) is 0 Å². The molecular formula is C25H23N3O4. The molecule has 1 aromatic heterocycles. The number of benzene rings is 3. The highest BCUT2D eigenvalue weighted by atomic mass is 16.5. The van der Waals surface area contributed by atoms with Crippen LogP contribution in [0.15, 0.2) is 81.4 Å². The van der Waals surface area contributed by atoms with E-state index in [1.807, 2.05) is 38.1 Å². The molecule has 1 heterocycles. The first-order valence-corrected chi connectivity index (χ1v) is 10.3. The van der Waals surface area contributed by atoms with Crippen LogP contribution in [0.5, 0.6) is 11.5 Å². The highest BCUT2D eigenvalue weighted by Gasteiger charge is 2.08. The van der Waals surface area contributed by atoms with E-state index in [1.165, 1.54) is 11.8 Å². The fraction of sp³-hybridized carbons (Fsp3) is 0.160. The van der Waals surface area contributed by atoms with E-state index in [9.17, 15) is 9.59 Å². The Morgan fingerprint density at radius 1 is 0.969 bits per heavy atom. The summed E-state index contributed by atoms with van der Waals surface area (Å²) in [6.07, 6.45) is 1.44. The van der Waals surface area contributed by atoms with Crippen molar-refractivity contribution >= 4 is 17.1 Å². The second kappa shape index (κ2) is 9.34. The van der Waals surface area contributed by atoms with E-state index in [-0.39, 0.29) is 0 Å². The van der Waals surface area contributed by atoms with Crippen molar-refractivity contribution in [3.05, 3.63) is 104 Å². The van der Waals surface area contributed by atoms with Crippen LogP contribution in [-0.2, 0) is 6.61 Å². The Labute approximate surface area is 184 Å². The van der Waals surface area contributed by atoms with Crippen LogP contribution < -0.4 is 20.7 Å². The molecule has 7 heteroatoms. The lowest BCUT2D eigenvalue weighted by Crippen LogP contribution is -2.32. The summed E-state index contributed by atoms with van der Waals surface area (Å²) in [5, 5.41) is 4.49. The molecular weight excluding hydrogens is 406 g/mol. The van der Waals surface area contributed by atoms with Gasteiger partial charge in [-0.05, 0) is 55.3 Å². The summed E-state index contributed by atoms with van der Waals surface area (Å²) >= 11 is 0. The van der Waals surface area contributed by atoms with Gasteiger partial charge in [-0.2, -0.15) is 5.10 Å². The van der Waals surface area contributed by atoms with Crippen molar-refractivity contribution < 1.29 is 9.47 Å². The molecule has 0 bridgehead atoms. The van der Waals surface area contributed by atoms with E-state index in [1.54, 1.807) is 42.5 Å². The Bertz CT molecular complexity index is 1390. The molecule has 0 unspecified atom stereocenters. The molecule has 0 fully saturated rings. The summed E-state index contributed by atoms with van der Waals surface area (Å²) in [7, 11) is 0. The fourth-order valence-electron chi connectivity index (χ4n) is 3.22. The van der Waals surface area contributed by atoms with Crippen molar-refractivity contribution in [3.8, 4) is 11.5 Å².